The first-order valence-corrected chi connectivity index (χ1v) is 8.70. The van der Waals surface area contributed by atoms with Crippen molar-refractivity contribution in [3.05, 3.63) is 0 Å². The molecule has 100 valence electrons. The fourth-order valence-corrected chi connectivity index (χ4v) is 6.79. The molecule has 4 heteroatoms. The molecule has 3 fully saturated rings. The smallest absolute Gasteiger partial charge is 0.0695 e. The molecule has 2 aliphatic carbocycles. The summed E-state index contributed by atoms with van der Waals surface area (Å²) in [5.74, 6) is 1.52. The van der Waals surface area contributed by atoms with Crippen LogP contribution >= 0.6 is 0 Å². The van der Waals surface area contributed by atoms with E-state index in [0.717, 1.165) is 37.2 Å². The average molecular weight is 266 g/mol. The second kappa shape index (κ2) is 3.30. The van der Waals surface area contributed by atoms with E-state index in [-0.39, 0.29) is 16.2 Å². The minimum atomic E-state index is -1.88. The first kappa shape index (κ1) is 12.5. The molecule has 0 aromatic heterocycles. The lowest BCUT2D eigenvalue weighted by Gasteiger charge is -2.62. The topological polar surface area (TPSA) is 53.2 Å². The van der Waals surface area contributed by atoms with Gasteiger partial charge in [0.05, 0.1) is 17.5 Å². The highest BCUT2D eigenvalue weighted by Crippen LogP contribution is 2.66. The molecule has 3 rings (SSSR count). The van der Waals surface area contributed by atoms with Crippen LogP contribution in [0.4, 0.5) is 0 Å². The Morgan fingerprint density at radius 3 is 2.22 bits per heavy atom. The molecular weight excluding hydrogens is 244 g/mol. The Labute approximate surface area is 110 Å². The van der Waals surface area contributed by atoms with Gasteiger partial charge < -0.3 is 0 Å². The second-order valence-corrected chi connectivity index (χ2v) is 10.0. The van der Waals surface area contributed by atoms with Gasteiger partial charge in [-0.2, -0.15) is 5.26 Å². The SMILES string of the molecule is CC(C)(C)C1(C#N)CC2(C1)CS(=O)(=NC1CC1)C2. The third-order valence-electron chi connectivity index (χ3n) is 4.95. The summed E-state index contributed by atoms with van der Waals surface area (Å²) in [6.45, 7) is 6.44. The van der Waals surface area contributed by atoms with Crippen LogP contribution in [-0.2, 0) is 9.73 Å². The van der Waals surface area contributed by atoms with Gasteiger partial charge >= 0.3 is 0 Å². The fourth-order valence-electron chi connectivity index (χ4n) is 3.65. The molecule has 0 aromatic rings. The van der Waals surface area contributed by atoms with Crippen LogP contribution in [0.1, 0.15) is 46.5 Å². The van der Waals surface area contributed by atoms with Gasteiger partial charge in [0.15, 0.2) is 0 Å². The van der Waals surface area contributed by atoms with Crippen molar-refractivity contribution in [3.63, 3.8) is 0 Å². The summed E-state index contributed by atoms with van der Waals surface area (Å²) in [6, 6.07) is 2.94. The summed E-state index contributed by atoms with van der Waals surface area (Å²) in [5, 5.41) is 9.46. The van der Waals surface area contributed by atoms with E-state index in [1.807, 2.05) is 0 Å². The lowest BCUT2D eigenvalue weighted by molar-refractivity contribution is -0.0519. The molecule has 0 amide bonds. The highest BCUT2D eigenvalue weighted by molar-refractivity contribution is 7.95. The second-order valence-electron chi connectivity index (χ2n) is 7.70. The molecule has 0 atom stereocenters. The number of nitrogens with zero attached hydrogens (tertiary/aromatic N) is 2. The molecule has 0 radical (unpaired) electrons. The quantitative estimate of drug-likeness (QED) is 0.732. The number of hydrogen-bond acceptors (Lipinski definition) is 3. The number of rotatable bonds is 1. The predicted octanol–water partition coefficient (Wildman–Crippen LogP) is 2.97. The molecule has 0 N–H and O–H groups in total. The summed E-state index contributed by atoms with van der Waals surface area (Å²) in [6.07, 6.45) is 4.12. The summed E-state index contributed by atoms with van der Waals surface area (Å²) in [5.41, 5.74) is 0.0168. The third-order valence-corrected chi connectivity index (χ3v) is 7.76. The van der Waals surface area contributed by atoms with Crippen molar-refractivity contribution in [2.75, 3.05) is 11.5 Å². The van der Waals surface area contributed by atoms with E-state index in [2.05, 4.69) is 31.2 Å². The van der Waals surface area contributed by atoms with Crippen LogP contribution in [0.5, 0.6) is 0 Å². The monoisotopic (exact) mass is 266 g/mol. The van der Waals surface area contributed by atoms with E-state index >= 15 is 0 Å². The molecule has 1 saturated heterocycles. The van der Waals surface area contributed by atoms with Gasteiger partial charge in [-0.05, 0) is 36.5 Å². The van der Waals surface area contributed by atoms with Crippen molar-refractivity contribution in [3.8, 4) is 6.07 Å². The summed E-state index contributed by atoms with van der Waals surface area (Å²) >= 11 is 0. The van der Waals surface area contributed by atoms with Gasteiger partial charge in [-0.25, -0.2) is 8.57 Å². The summed E-state index contributed by atoms with van der Waals surface area (Å²) in [7, 11) is -1.88. The zero-order valence-electron chi connectivity index (χ0n) is 11.5. The zero-order valence-corrected chi connectivity index (χ0v) is 12.3. The lowest BCUT2D eigenvalue weighted by atomic mass is 9.46. The predicted molar refractivity (Wildman–Crippen MR) is 72.5 cm³/mol. The van der Waals surface area contributed by atoms with Gasteiger partial charge in [-0.15, -0.1) is 0 Å². The maximum Gasteiger partial charge on any atom is 0.0695 e. The van der Waals surface area contributed by atoms with Crippen molar-refractivity contribution >= 4 is 9.73 Å². The minimum absolute atomic E-state index is 0.0249. The van der Waals surface area contributed by atoms with E-state index in [4.69, 9.17) is 0 Å². The molecule has 1 spiro atoms. The number of nitriles is 1. The summed E-state index contributed by atoms with van der Waals surface area (Å²) in [4.78, 5) is 0. The zero-order chi connectivity index (χ0) is 13.2. The van der Waals surface area contributed by atoms with E-state index in [0.29, 0.717) is 6.04 Å². The van der Waals surface area contributed by atoms with Gasteiger partial charge in [0, 0.05) is 21.2 Å². The van der Waals surface area contributed by atoms with Gasteiger partial charge in [-0.3, -0.25) is 0 Å². The molecule has 18 heavy (non-hydrogen) atoms. The van der Waals surface area contributed by atoms with E-state index in [1.165, 1.54) is 0 Å². The first-order valence-electron chi connectivity index (χ1n) is 6.85. The normalized spacial score (nSPS) is 47.0. The Morgan fingerprint density at radius 1 is 1.28 bits per heavy atom. The minimum Gasteiger partial charge on any atom is -0.250 e. The third kappa shape index (κ3) is 1.71. The molecule has 1 aliphatic heterocycles. The van der Waals surface area contributed by atoms with Crippen LogP contribution in [0.2, 0.25) is 0 Å². The van der Waals surface area contributed by atoms with E-state index in [1.54, 1.807) is 0 Å². The molecular formula is C14H22N2OS. The highest BCUT2D eigenvalue weighted by Gasteiger charge is 2.65. The van der Waals surface area contributed by atoms with Crippen molar-refractivity contribution in [1.82, 2.24) is 0 Å². The van der Waals surface area contributed by atoms with E-state index < -0.39 is 9.73 Å². The maximum absolute atomic E-state index is 12.4. The highest BCUT2D eigenvalue weighted by atomic mass is 32.2. The van der Waals surface area contributed by atoms with Crippen molar-refractivity contribution in [2.45, 2.75) is 52.5 Å². The summed E-state index contributed by atoms with van der Waals surface area (Å²) < 4.78 is 16.9. The Morgan fingerprint density at radius 2 is 1.83 bits per heavy atom. The molecule has 0 bridgehead atoms. The molecule has 2 saturated carbocycles. The molecule has 3 aliphatic rings. The Bertz CT molecular complexity index is 519. The number of hydrogen-bond donors (Lipinski definition) is 0. The van der Waals surface area contributed by atoms with Crippen LogP contribution in [-0.4, -0.2) is 21.8 Å². The standard InChI is InChI=1S/C14H22N2OS/c1-12(2,3)14(8-15)6-13(7-14)9-18(17,10-13)16-11-4-5-11/h11H,4-7,9-10H2,1-3H3. The lowest BCUT2D eigenvalue weighted by Crippen LogP contribution is -2.63. The van der Waals surface area contributed by atoms with Gasteiger partial charge in [0.1, 0.15) is 0 Å². The van der Waals surface area contributed by atoms with Crippen LogP contribution < -0.4 is 0 Å². The van der Waals surface area contributed by atoms with Crippen LogP contribution in [0.15, 0.2) is 4.36 Å². The van der Waals surface area contributed by atoms with Crippen LogP contribution in [0, 0.1) is 27.6 Å². The largest absolute Gasteiger partial charge is 0.250 e. The molecule has 1 heterocycles. The van der Waals surface area contributed by atoms with Crippen molar-refractivity contribution < 1.29 is 4.21 Å². The van der Waals surface area contributed by atoms with E-state index in [9.17, 15) is 9.47 Å². The Balaban J connectivity index is 1.71. The maximum atomic E-state index is 12.4. The molecule has 0 aromatic carbocycles. The Hall–Kier alpha value is -0.560. The average Bonchev–Trinajstić information content (AvgIpc) is 2.90. The van der Waals surface area contributed by atoms with Crippen molar-refractivity contribution in [2.24, 2.45) is 20.6 Å². The molecule has 3 nitrogen and oxygen atoms in total. The van der Waals surface area contributed by atoms with Gasteiger partial charge in [0.25, 0.3) is 0 Å². The first-order chi connectivity index (χ1) is 8.22. The van der Waals surface area contributed by atoms with Crippen LogP contribution in [0.25, 0.3) is 0 Å². The Kier molecular flexibility index (Phi) is 2.29. The fraction of sp³-hybridized carbons (Fsp3) is 0.929. The van der Waals surface area contributed by atoms with Crippen LogP contribution in [0.3, 0.4) is 0 Å². The molecule has 0 unspecified atom stereocenters. The van der Waals surface area contributed by atoms with Crippen molar-refractivity contribution in [1.29, 1.82) is 5.26 Å². The van der Waals surface area contributed by atoms with Gasteiger partial charge in [0.2, 0.25) is 0 Å². The van der Waals surface area contributed by atoms with Gasteiger partial charge in [-0.1, -0.05) is 20.8 Å².